The van der Waals surface area contributed by atoms with Gasteiger partial charge in [-0.15, -0.1) is 0 Å². The van der Waals surface area contributed by atoms with E-state index in [1.165, 1.54) is 0 Å². The monoisotopic (exact) mass is 217 g/mol. The number of rotatable bonds is 4. The van der Waals surface area contributed by atoms with Crippen LogP contribution in [0.1, 0.15) is 26.3 Å². The van der Waals surface area contributed by atoms with Gasteiger partial charge < -0.3 is 4.74 Å². The lowest BCUT2D eigenvalue weighted by Crippen LogP contribution is -2.04. The van der Waals surface area contributed by atoms with E-state index in [2.05, 4.69) is 17.1 Å². The molecule has 2 heteroatoms. The molecule has 0 amide bonds. The first-order valence-electron chi connectivity index (χ1n) is 5.66. The van der Waals surface area contributed by atoms with Crippen LogP contribution in [0.3, 0.4) is 0 Å². The third-order valence-corrected chi connectivity index (χ3v) is 1.90. The van der Waals surface area contributed by atoms with Crippen LogP contribution in [-0.2, 0) is 4.74 Å². The van der Waals surface area contributed by atoms with Crippen molar-refractivity contribution >= 4 is 12.0 Å². The lowest BCUT2D eigenvalue weighted by atomic mass is 10.2. The van der Waals surface area contributed by atoms with E-state index in [1.807, 2.05) is 51.1 Å². The van der Waals surface area contributed by atoms with Crippen molar-refractivity contribution in [1.82, 2.24) is 0 Å². The number of hydrogen-bond donors (Lipinski definition) is 0. The molecule has 0 aliphatic rings. The maximum absolute atomic E-state index is 5.44. The van der Waals surface area contributed by atoms with Gasteiger partial charge in [-0.05, 0) is 32.4 Å². The second-order valence-corrected chi connectivity index (χ2v) is 3.74. The van der Waals surface area contributed by atoms with Crippen molar-refractivity contribution in [2.75, 3.05) is 6.61 Å². The first-order chi connectivity index (χ1) is 7.72. The molecule has 2 nitrogen and oxygen atoms in total. The molecule has 16 heavy (non-hydrogen) atoms. The summed E-state index contributed by atoms with van der Waals surface area (Å²) in [7, 11) is 0. The van der Waals surface area contributed by atoms with Gasteiger partial charge in [0, 0.05) is 12.1 Å². The van der Waals surface area contributed by atoms with Gasteiger partial charge in [0.2, 0.25) is 5.90 Å². The lowest BCUT2D eigenvalue weighted by molar-refractivity contribution is 0.327. The zero-order chi connectivity index (χ0) is 11.8. The second-order valence-electron chi connectivity index (χ2n) is 3.74. The highest BCUT2D eigenvalue weighted by Crippen LogP contribution is 2.02. The van der Waals surface area contributed by atoms with Gasteiger partial charge in [-0.3, -0.25) is 0 Å². The molecule has 0 bridgehead atoms. The molecule has 0 unspecified atom stereocenters. The van der Waals surface area contributed by atoms with Crippen LogP contribution in [-0.4, -0.2) is 18.5 Å². The summed E-state index contributed by atoms with van der Waals surface area (Å²) in [5.41, 5.74) is 1.15. The van der Waals surface area contributed by atoms with Gasteiger partial charge in [-0.2, -0.15) is 0 Å². The van der Waals surface area contributed by atoms with Crippen LogP contribution in [0.15, 0.2) is 41.4 Å². The Morgan fingerprint density at radius 1 is 1.31 bits per heavy atom. The second kappa shape index (κ2) is 6.83. The van der Waals surface area contributed by atoms with Crippen LogP contribution >= 0.6 is 0 Å². The summed E-state index contributed by atoms with van der Waals surface area (Å²) in [4.78, 5) is 4.39. The molecule has 1 rings (SSSR count). The van der Waals surface area contributed by atoms with Crippen molar-refractivity contribution in [3.63, 3.8) is 0 Å². The first-order valence-corrected chi connectivity index (χ1v) is 5.66. The summed E-state index contributed by atoms with van der Waals surface area (Å²) in [5.74, 6) is 0.696. The van der Waals surface area contributed by atoms with E-state index in [-0.39, 0.29) is 6.04 Å². The van der Waals surface area contributed by atoms with Gasteiger partial charge in [0.15, 0.2) is 0 Å². The van der Waals surface area contributed by atoms with Crippen LogP contribution in [0.2, 0.25) is 0 Å². The maximum atomic E-state index is 5.44. The van der Waals surface area contributed by atoms with E-state index in [1.54, 1.807) is 0 Å². The summed E-state index contributed by atoms with van der Waals surface area (Å²) < 4.78 is 5.44. The normalized spacial score (nSPS) is 12.4. The van der Waals surface area contributed by atoms with Gasteiger partial charge in [-0.1, -0.05) is 30.3 Å². The molecule has 86 valence electrons. The minimum Gasteiger partial charge on any atom is -0.478 e. The third kappa shape index (κ3) is 4.78. The molecule has 1 aromatic rings. The van der Waals surface area contributed by atoms with Crippen LogP contribution in [0.5, 0.6) is 0 Å². The Morgan fingerprint density at radius 2 is 2.00 bits per heavy atom. The fourth-order valence-corrected chi connectivity index (χ4v) is 1.26. The molecular formula is C14H19NO. The van der Waals surface area contributed by atoms with Crippen LogP contribution < -0.4 is 0 Å². The molecule has 0 aromatic heterocycles. The largest absolute Gasteiger partial charge is 0.478 e. The van der Waals surface area contributed by atoms with Crippen LogP contribution in [0, 0.1) is 0 Å². The minimum absolute atomic E-state index is 0.252. The van der Waals surface area contributed by atoms with E-state index in [0.717, 1.165) is 5.56 Å². The summed E-state index contributed by atoms with van der Waals surface area (Å²) in [5, 5.41) is 0. The Morgan fingerprint density at radius 3 is 2.56 bits per heavy atom. The molecule has 0 spiro atoms. The van der Waals surface area contributed by atoms with E-state index < -0.39 is 0 Å². The third-order valence-electron chi connectivity index (χ3n) is 1.90. The van der Waals surface area contributed by atoms with Gasteiger partial charge >= 0.3 is 0 Å². The summed E-state index contributed by atoms with van der Waals surface area (Å²) >= 11 is 0. The molecule has 0 aliphatic heterocycles. The highest BCUT2D eigenvalue weighted by molar-refractivity contribution is 5.91. The predicted octanol–water partition coefficient (Wildman–Crippen LogP) is 3.54. The fourth-order valence-electron chi connectivity index (χ4n) is 1.26. The van der Waals surface area contributed by atoms with Gasteiger partial charge in [-0.25, -0.2) is 4.99 Å². The zero-order valence-corrected chi connectivity index (χ0v) is 10.2. The van der Waals surface area contributed by atoms with Gasteiger partial charge in [0.25, 0.3) is 0 Å². The maximum Gasteiger partial charge on any atom is 0.208 e. The first kappa shape index (κ1) is 12.5. The standard InChI is InChI=1S/C14H19NO/c1-4-16-14(15-12(2)3)11-10-13-8-6-5-7-9-13/h5-12H,4H2,1-3H3/b11-10+,15-14?. The molecule has 0 radical (unpaired) electrons. The molecule has 0 aliphatic carbocycles. The van der Waals surface area contributed by atoms with Crippen molar-refractivity contribution in [1.29, 1.82) is 0 Å². The van der Waals surface area contributed by atoms with E-state index in [4.69, 9.17) is 4.74 Å². The number of aliphatic imine (C=N–C) groups is 1. The SMILES string of the molecule is CCOC(/C=C/c1ccccc1)=NC(C)C. The Labute approximate surface area is 97.7 Å². The van der Waals surface area contributed by atoms with Crippen molar-refractivity contribution < 1.29 is 4.74 Å². The number of nitrogens with zero attached hydrogens (tertiary/aromatic N) is 1. The van der Waals surface area contributed by atoms with Gasteiger partial charge in [0.05, 0.1) is 6.61 Å². The van der Waals surface area contributed by atoms with E-state index >= 15 is 0 Å². The lowest BCUT2D eigenvalue weighted by Gasteiger charge is -2.04. The van der Waals surface area contributed by atoms with Crippen molar-refractivity contribution in [3.05, 3.63) is 42.0 Å². The molecule has 1 aromatic carbocycles. The molecule has 0 N–H and O–H groups in total. The van der Waals surface area contributed by atoms with Crippen LogP contribution in [0.4, 0.5) is 0 Å². The highest BCUT2D eigenvalue weighted by Gasteiger charge is 1.95. The Bertz CT molecular complexity index is 352. The summed E-state index contributed by atoms with van der Waals surface area (Å²) in [6.45, 7) is 6.68. The topological polar surface area (TPSA) is 21.6 Å². The molecule has 0 saturated heterocycles. The average Bonchev–Trinajstić information content (AvgIpc) is 2.27. The van der Waals surface area contributed by atoms with Crippen molar-refractivity contribution in [2.45, 2.75) is 26.8 Å². The van der Waals surface area contributed by atoms with Crippen molar-refractivity contribution in [2.24, 2.45) is 4.99 Å². The summed E-state index contributed by atoms with van der Waals surface area (Å²) in [6, 6.07) is 10.4. The van der Waals surface area contributed by atoms with Crippen LogP contribution in [0.25, 0.3) is 6.08 Å². The Kier molecular flexibility index (Phi) is 5.34. The molecule has 0 saturated carbocycles. The number of hydrogen-bond acceptors (Lipinski definition) is 2. The molecule has 0 atom stereocenters. The Balaban J connectivity index is 2.72. The number of ether oxygens (including phenoxy) is 1. The Hall–Kier alpha value is -1.57. The fraction of sp³-hybridized carbons (Fsp3) is 0.357. The predicted molar refractivity (Wildman–Crippen MR) is 69.7 cm³/mol. The quantitative estimate of drug-likeness (QED) is 0.558. The summed E-state index contributed by atoms with van der Waals surface area (Å²) in [6.07, 6.45) is 3.93. The molecule has 0 heterocycles. The smallest absolute Gasteiger partial charge is 0.208 e. The van der Waals surface area contributed by atoms with E-state index in [0.29, 0.717) is 12.5 Å². The van der Waals surface area contributed by atoms with E-state index in [9.17, 15) is 0 Å². The zero-order valence-electron chi connectivity index (χ0n) is 10.2. The highest BCUT2D eigenvalue weighted by atomic mass is 16.5. The van der Waals surface area contributed by atoms with Crippen molar-refractivity contribution in [3.8, 4) is 0 Å². The average molecular weight is 217 g/mol. The molecule has 0 fully saturated rings. The molecular weight excluding hydrogens is 198 g/mol. The van der Waals surface area contributed by atoms with Gasteiger partial charge in [0.1, 0.15) is 0 Å². The minimum atomic E-state index is 0.252. The number of benzene rings is 1.